The quantitative estimate of drug-likeness (QED) is 0.322. The van der Waals surface area contributed by atoms with E-state index >= 15 is 0 Å². The summed E-state index contributed by atoms with van der Waals surface area (Å²) in [4.78, 5) is 28.2. The van der Waals surface area contributed by atoms with Crippen LogP contribution in [-0.2, 0) is 14.4 Å². The lowest BCUT2D eigenvalue weighted by molar-refractivity contribution is -0.131. The van der Waals surface area contributed by atoms with Crippen LogP contribution in [0.5, 0.6) is 0 Å². The van der Waals surface area contributed by atoms with Crippen molar-refractivity contribution in [3.05, 3.63) is 38.0 Å². The third-order valence-electron chi connectivity index (χ3n) is 1.14. The summed E-state index contributed by atoms with van der Waals surface area (Å²) in [5.74, 6) is -1.94. The fraction of sp³-hybridized carbons (Fsp3) is 0.308. The van der Waals surface area contributed by atoms with Gasteiger partial charge in [-0.3, -0.25) is 9.59 Å². The summed E-state index contributed by atoms with van der Waals surface area (Å²) in [6, 6.07) is 0. The molecule has 0 aliphatic rings. The van der Waals surface area contributed by atoms with Gasteiger partial charge in [0.2, 0.25) is 11.8 Å². The number of primary amides is 2. The maximum Gasteiger partial charge on any atom is 0.327 e. The van der Waals surface area contributed by atoms with Crippen molar-refractivity contribution in [2.75, 3.05) is 13.2 Å². The summed E-state index contributed by atoms with van der Waals surface area (Å²) in [5.41, 5.74) is 9.07. The fourth-order valence-electron chi connectivity index (χ4n) is 0.224. The SMILES string of the molecule is C=CC(=O)O.C=CC(N)=O.C=CC(N)=O.OCCCCO. The van der Waals surface area contributed by atoms with Crippen LogP contribution in [0.4, 0.5) is 0 Å². The molecule has 0 rings (SSSR count). The van der Waals surface area contributed by atoms with E-state index in [2.05, 4.69) is 31.2 Å². The number of carbonyl (C=O) groups excluding carboxylic acids is 2. The molecule has 0 aliphatic carbocycles. The maximum absolute atomic E-state index is 9.47. The fourth-order valence-corrected chi connectivity index (χ4v) is 0.224. The number of aliphatic carboxylic acids is 1. The highest BCUT2D eigenvalue weighted by atomic mass is 16.4. The summed E-state index contributed by atoms with van der Waals surface area (Å²) in [6.45, 7) is 9.52. The zero-order valence-corrected chi connectivity index (χ0v) is 11.9. The van der Waals surface area contributed by atoms with Gasteiger partial charge in [-0.1, -0.05) is 19.7 Å². The van der Waals surface area contributed by atoms with Crippen LogP contribution < -0.4 is 11.5 Å². The smallest absolute Gasteiger partial charge is 0.327 e. The lowest BCUT2D eigenvalue weighted by atomic mass is 10.3. The molecule has 7 N–H and O–H groups in total. The molecule has 0 aromatic carbocycles. The van der Waals surface area contributed by atoms with Crippen molar-refractivity contribution in [1.29, 1.82) is 0 Å². The number of unbranched alkanes of at least 4 members (excludes halogenated alkanes) is 1. The molecule has 0 fully saturated rings. The first-order valence-electron chi connectivity index (χ1n) is 5.64. The first-order chi connectivity index (χ1) is 9.72. The van der Waals surface area contributed by atoms with Crippen LogP contribution in [0.15, 0.2) is 38.0 Å². The van der Waals surface area contributed by atoms with Crippen molar-refractivity contribution in [2.24, 2.45) is 11.5 Å². The highest BCUT2D eigenvalue weighted by molar-refractivity contribution is 5.85. The monoisotopic (exact) mass is 304 g/mol. The minimum absolute atomic E-state index is 0.195. The Bertz CT molecular complexity index is 269. The minimum atomic E-state index is -0.981. The van der Waals surface area contributed by atoms with Crippen molar-refractivity contribution in [3.63, 3.8) is 0 Å². The molecule has 0 saturated heterocycles. The Morgan fingerprint density at radius 3 is 1.05 bits per heavy atom. The predicted octanol–water partition coefficient (Wildman–Crippen LogP) is -0.676. The molecule has 0 aliphatic heterocycles. The lowest BCUT2D eigenvalue weighted by Crippen LogP contribution is -2.04. The molecule has 8 nitrogen and oxygen atoms in total. The molecular weight excluding hydrogens is 280 g/mol. The molecule has 21 heavy (non-hydrogen) atoms. The molecule has 0 aromatic heterocycles. The van der Waals surface area contributed by atoms with E-state index in [0.717, 1.165) is 31.1 Å². The van der Waals surface area contributed by atoms with Crippen LogP contribution in [0.1, 0.15) is 12.8 Å². The van der Waals surface area contributed by atoms with Gasteiger partial charge in [0.05, 0.1) is 0 Å². The van der Waals surface area contributed by atoms with Gasteiger partial charge < -0.3 is 26.8 Å². The molecule has 0 atom stereocenters. The molecule has 0 spiro atoms. The average Bonchev–Trinajstić information content (AvgIpc) is 2.46. The Kier molecular flexibility index (Phi) is 33.6. The van der Waals surface area contributed by atoms with Gasteiger partial charge in [-0.2, -0.15) is 0 Å². The van der Waals surface area contributed by atoms with E-state index in [1.807, 2.05) is 0 Å². The topological polar surface area (TPSA) is 164 Å². The van der Waals surface area contributed by atoms with Gasteiger partial charge in [0, 0.05) is 19.3 Å². The van der Waals surface area contributed by atoms with Gasteiger partial charge in [0.15, 0.2) is 0 Å². The van der Waals surface area contributed by atoms with Crippen LogP contribution in [0.2, 0.25) is 0 Å². The second-order valence-corrected chi connectivity index (χ2v) is 2.91. The number of rotatable bonds is 6. The van der Waals surface area contributed by atoms with Gasteiger partial charge in [-0.05, 0) is 25.0 Å². The van der Waals surface area contributed by atoms with Crippen molar-refractivity contribution in [3.8, 4) is 0 Å². The number of hydrogen-bond donors (Lipinski definition) is 5. The average molecular weight is 304 g/mol. The van der Waals surface area contributed by atoms with Crippen molar-refractivity contribution < 1.29 is 29.7 Å². The van der Waals surface area contributed by atoms with Gasteiger partial charge in [0.25, 0.3) is 0 Å². The van der Waals surface area contributed by atoms with E-state index in [9.17, 15) is 14.4 Å². The van der Waals surface area contributed by atoms with E-state index in [-0.39, 0.29) is 13.2 Å². The summed E-state index contributed by atoms with van der Waals surface area (Å²) in [5, 5.41) is 23.8. The van der Waals surface area contributed by atoms with E-state index in [1.165, 1.54) is 0 Å². The third-order valence-corrected chi connectivity index (χ3v) is 1.14. The summed E-state index contributed by atoms with van der Waals surface area (Å²) >= 11 is 0. The maximum atomic E-state index is 9.47. The predicted molar refractivity (Wildman–Crippen MR) is 80.0 cm³/mol. The van der Waals surface area contributed by atoms with Crippen LogP contribution in [-0.4, -0.2) is 46.3 Å². The molecule has 0 heterocycles. The Morgan fingerprint density at radius 1 is 0.810 bits per heavy atom. The van der Waals surface area contributed by atoms with Crippen molar-refractivity contribution >= 4 is 17.8 Å². The van der Waals surface area contributed by atoms with Crippen LogP contribution in [0.25, 0.3) is 0 Å². The van der Waals surface area contributed by atoms with Gasteiger partial charge in [-0.15, -0.1) is 0 Å². The number of aliphatic hydroxyl groups excluding tert-OH is 2. The molecule has 8 heteroatoms. The molecule has 2 amide bonds. The number of hydrogen-bond acceptors (Lipinski definition) is 5. The second-order valence-electron chi connectivity index (χ2n) is 2.91. The summed E-state index contributed by atoms with van der Waals surface area (Å²) in [6.07, 6.45) is 4.38. The van der Waals surface area contributed by atoms with Crippen LogP contribution in [0.3, 0.4) is 0 Å². The summed E-state index contributed by atoms with van der Waals surface area (Å²) in [7, 11) is 0. The number of nitrogens with two attached hydrogens (primary N) is 2. The molecule has 0 radical (unpaired) electrons. The van der Waals surface area contributed by atoms with Crippen LogP contribution in [0, 0.1) is 0 Å². The van der Waals surface area contributed by atoms with E-state index in [4.69, 9.17) is 15.3 Å². The molecule has 0 saturated carbocycles. The molecular formula is C13H24N2O6. The number of carboxylic acid groups (broad SMARTS) is 1. The zero-order chi connectivity index (χ0) is 17.7. The molecule has 122 valence electrons. The molecule has 0 bridgehead atoms. The molecule has 0 aromatic rings. The van der Waals surface area contributed by atoms with Gasteiger partial charge >= 0.3 is 5.97 Å². The van der Waals surface area contributed by atoms with Crippen molar-refractivity contribution in [1.82, 2.24) is 0 Å². The lowest BCUT2D eigenvalue weighted by Gasteiger charge is -1.85. The highest BCUT2D eigenvalue weighted by Crippen LogP contribution is 1.80. The Morgan fingerprint density at radius 2 is 1.00 bits per heavy atom. The standard InChI is InChI=1S/C4H10O2.2C3H5NO.C3H4O2/c5-3-1-2-4-6;3*1-2-3(4)5/h5-6H,1-4H2;2*2H,1H2,(H2,4,5);2H,1H2,(H,4,5). The van der Waals surface area contributed by atoms with Gasteiger partial charge in [0.1, 0.15) is 0 Å². The van der Waals surface area contributed by atoms with Gasteiger partial charge in [-0.25, -0.2) is 4.79 Å². The molecule has 0 unspecified atom stereocenters. The normalized spacial score (nSPS) is 7.14. The Hall–Kier alpha value is -2.45. The highest BCUT2D eigenvalue weighted by Gasteiger charge is 1.77. The van der Waals surface area contributed by atoms with E-state index in [1.54, 1.807) is 0 Å². The first kappa shape index (κ1) is 27.0. The third kappa shape index (κ3) is 98.9. The zero-order valence-electron chi connectivity index (χ0n) is 11.9. The second kappa shape index (κ2) is 26.2. The number of carboxylic acids is 1. The summed E-state index contributed by atoms with van der Waals surface area (Å²) < 4.78 is 0. The van der Waals surface area contributed by atoms with E-state index in [0.29, 0.717) is 0 Å². The van der Waals surface area contributed by atoms with E-state index < -0.39 is 17.8 Å². The first-order valence-corrected chi connectivity index (χ1v) is 5.64. The number of carbonyl (C=O) groups is 3. The van der Waals surface area contributed by atoms with Crippen molar-refractivity contribution in [2.45, 2.75) is 12.8 Å². The number of aliphatic hydroxyl groups is 2. The number of amides is 2. The Balaban J connectivity index is -0.0000000921. The van der Waals surface area contributed by atoms with Crippen LogP contribution >= 0.6 is 0 Å². The minimum Gasteiger partial charge on any atom is -0.478 e. The Labute approximate surface area is 124 Å². The largest absolute Gasteiger partial charge is 0.478 e.